The molecule has 1 aromatic heterocycles. The molecule has 2 heterocycles. The molecule has 0 bridgehead atoms. The summed E-state index contributed by atoms with van der Waals surface area (Å²) in [4.78, 5) is 7.03. The van der Waals surface area contributed by atoms with Crippen LogP contribution in [0.1, 0.15) is 38.9 Å². The first-order valence-electron chi connectivity index (χ1n) is 7.62. The third-order valence-corrected chi connectivity index (χ3v) is 4.60. The van der Waals surface area contributed by atoms with E-state index in [9.17, 15) is 0 Å². The number of hydrogen-bond acceptors (Lipinski definition) is 3. The van der Waals surface area contributed by atoms with E-state index in [0.717, 1.165) is 19.5 Å². The van der Waals surface area contributed by atoms with Crippen LogP contribution in [0.25, 0.3) is 0 Å². The minimum atomic E-state index is 0.318. The van der Waals surface area contributed by atoms with Gasteiger partial charge in [-0.15, -0.1) is 0 Å². The van der Waals surface area contributed by atoms with Gasteiger partial charge in [0, 0.05) is 44.5 Å². The van der Waals surface area contributed by atoms with Crippen molar-refractivity contribution < 1.29 is 0 Å². The second-order valence-corrected chi connectivity index (χ2v) is 5.75. The monoisotopic (exact) mass is 264 g/mol. The van der Waals surface area contributed by atoms with Gasteiger partial charge in [0.25, 0.3) is 0 Å². The third kappa shape index (κ3) is 3.57. The fourth-order valence-corrected chi connectivity index (χ4v) is 3.03. The van der Waals surface area contributed by atoms with E-state index in [0.29, 0.717) is 5.54 Å². The summed E-state index contributed by atoms with van der Waals surface area (Å²) in [5.74, 6) is 1.19. The third-order valence-electron chi connectivity index (χ3n) is 4.60. The largest absolute Gasteiger partial charge is 0.338 e. The Kier molecular flexibility index (Phi) is 4.99. The first kappa shape index (κ1) is 14.5. The van der Waals surface area contributed by atoms with E-state index in [1.807, 2.05) is 12.4 Å². The Labute approximate surface area is 117 Å². The molecule has 0 atom stereocenters. The molecule has 1 fully saturated rings. The average molecular weight is 264 g/mol. The molecule has 0 amide bonds. The Morgan fingerprint density at radius 1 is 1.37 bits per heavy atom. The molecule has 19 heavy (non-hydrogen) atoms. The highest BCUT2D eigenvalue weighted by molar-refractivity contribution is 4.94. The van der Waals surface area contributed by atoms with Gasteiger partial charge >= 0.3 is 0 Å². The van der Waals surface area contributed by atoms with Crippen LogP contribution in [0, 0.1) is 0 Å². The zero-order chi connectivity index (χ0) is 13.7. The summed E-state index contributed by atoms with van der Waals surface area (Å²) in [6.45, 7) is 9.26. The van der Waals surface area contributed by atoms with E-state index in [2.05, 4.69) is 40.7 Å². The van der Waals surface area contributed by atoms with Gasteiger partial charge in [0.2, 0.25) is 0 Å². The van der Waals surface area contributed by atoms with Crippen LogP contribution in [0.4, 0.5) is 0 Å². The smallest absolute Gasteiger partial charge is 0.109 e. The van der Waals surface area contributed by atoms with Gasteiger partial charge in [0.1, 0.15) is 5.82 Å². The van der Waals surface area contributed by atoms with Crippen LogP contribution in [-0.2, 0) is 13.5 Å². The topological polar surface area (TPSA) is 33.1 Å². The van der Waals surface area contributed by atoms with Crippen molar-refractivity contribution in [1.82, 2.24) is 19.8 Å². The summed E-state index contributed by atoms with van der Waals surface area (Å²) in [6.07, 6.45) is 8.64. The molecule has 0 saturated carbocycles. The van der Waals surface area contributed by atoms with Crippen LogP contribution in [0.3, 0.4) is 0 Å². The minimum Gasteiger partial charge on any atom is -0.338 e. The van der Waals surface area contributed by atoms with Crippen LogP contribution in [0.15, 0.2) is 12.4 Å². The molecular weight excluding hydrogens is 236 g/mol. The lowest BCUT2D eigenvalue weighted by Crippen LogP contribution is -2.50. The van der Waals surface area contributed by atoms with Gasteiger partial charge in [0.05, 0.1) is 0 Å². The number of rotatable bonds is 5. The molecule has 1 aromatic rings. The Hall–Kier alpha value is -0.870. The normalized spacial score (nSPS) is 20.4. The molecule has 0 radical (unpaired) electrons. The summed E-state index contributed by atoms with van der Waals surface area (Å²) >= 11 is 0. The van der Waals surface area contributed by atoms with Crippen molar-refractivity contribution >= 4 is 0 Å². The van der Waals surface area contributed by atoms with Gasteiger partial charge in [-0.2, -0.15) is 0 Å². The molecule has 0 aliphatic carbocycles. The number of imidazole rings is 1. The molecule has 2 rings (SSSR count). The predicted octanol–water partition coefficient (Wildman–Crippen LogP) is 1.82. The minimum absolute atomic E-state index is 0.318. The van der Waals surface area contributed by atoms with Gasteiger partial charge in [-0.3, -0.25) is 0 Å². The lowest BCUT2D eigenvalue weighted by atomic mass is 9.92. The lowest BCUT2D eigenvalue weighted by molar-refractivity contribution is 0.197. The summed E-state index contributed by atoms with van der Waals surface area (Å²) in [5, 5.41) is 3.77. The maximum Gasteiger partial charge on any atom is 0.109 e. The summed E-state index contributed by atoms with van der Waals surface area (Å²) in [7, 11) is 2.08. The highest BCUT2D eigenvalue weighted by Crippen LogP contribution is 2.19. The fourth-order valence-electron chi connectivity index (χ4n) is 3.03. The highest BCUT2D eigenvalue weighted by atomic mass is 15.2. The second-order valence-electron chi connectivity index (χ2n) is 5.75. The molecule has 4 heteroatoms. The molecule has 0 unspecified atom stereocenters. The van der Waals surface area contributed by atoms with Gasteiger partial charge in [-0.1, -0.05) is 13.8 Å². The first-order valence-corrected chi connectivity index (χ1v) is 7.62. The van der Waals surface area contributed by atoms with Crippen molar-refractivity contribution in [3.63, 3.8) is 0 Å². The second kappa shape index (κ2) is 6.53. The lowest BCUT2D eigenvalue weighted by Gasteiger charge is -2.35. The summed E-state index contributed by atoms with van der Waals surface area (Å²) < 4.78 is 2.13. The zero-order valence-corrected chi connectivity index (χ0v) is 12.7. The van der Waals surface area contributed by atoms with E-state index in [1.54, 1.807) is 0 Å². The first-order chi connectivity index (χ1) is 9.19. The number of nitrogens with one attached hydrogen (secondary N) is 1. The fraction of sp³-hybridized carbons (Fsp3) is 0.800. The van der Waals surface area contributed by atoms with Crippen LogP contribution in [0.2, 0.25) is 0 Å². The highest BCUT2D eigenvalue weighted by Gasteiger charge is 2.29. The van der Waals surface area contributed by atoms with E-state index in [4.69, 9.17) is 0 Å². The van der Waals surface area contributed by atoms with Crippen molar-refractivity contribution in [2.75, 3.05) is 26.2 Å². The van der Waals surface area contributed by atoms with Crippen LogP contribution < -0.4 is 5.32 Å². The van der Waals surface area contributed by atoms with Gasteiger partial charge in [0.15, 0.2) is 0 Å². The molecule has 4 nitrogen and oxygen atoms in total. The van der Waals surface area contributed by atoms with Crippen LogP contribution in [0.5, 0.6) is 0 Å². The van der Waals surface area contributed by atoms with E-state index < -0.39 is 0 Å². The van der Waals surface area contributed by atoms with Crippen molar-refractivity contribution in [3.8, 4) is 0 Å². The Bertz CT molecular complexity index is 381. The van der Waals surface area contributed by atoms with E-state index in [-0.39, 0.29) is 0 Å². The Morgan fingerprint density at radius 3 is 2.79 bits per heavy atom. The molecule has 0 aromatic carbocycles. The summed E-state index contributed by atoms with van der Waals surface area (Å²) in [6, 6.07) is 0. The quantitative estimate of drug-likeness (QED) is 0.880. The Balaban J connectivity index is 1.93. The van der Waals surface area contributed by atoms with Crippen molar-refractivity contribution in [1.29, 1.82) is 0 Å². The predicted molar refractivity (Wildman–Crippen MR) is 79.3 cm³/mol. The SMILES string of the molecule is CCC1(CC)CN(CCc2nccn2C)CCCN1. The van der Waals surface area contributed by atoms with Gasteiger partial charge in [-0.05, 0) is 32.4 Å². The molecule has 1 aliphatic rings. The molecule has 1 N–H and O–H groups in total. The van der Waals surface area contributed by atoms with Crippen molar-refractivity contribution in [3.05, 3.63) is 18.2 Å². The van der Waals surface area contributed by atoms with E-state index >= 15 is 0 Å². The van der Waals surface area contributed by atoms with Gasteiger partial charge < -0.3 is 14.8 Å². The van der Waals surface area contributed by atoms with Crippen molar-refractivity contribution in [2.45, 2.75) is 45.1 Å². The van der Waals surface area contributed by atoms with Gasteiger partial charge in [-0.25, -0.2) is 4.98 Å². The standard InChI is InChI=1S/C15H28N4/c1-4-15(5-2)13-19(10-6-8-17-15)11-7-14-16-9-12-18(14)3/h9,12,17H,4-8,10-11,13H2,1-3H3. The number of hydrogen-bond donors (Lipinski definition) is 1. The van der Waals surface area contributed by atoms with Crippen molar-refractivity contribution in [2.24, 2.45) is 7.05 Å². The van der Waals surface area contributed by atoms with E-state index in [1.165, 1.54) is 38.2 Å². The maximum absolute atomic E-state index is 4.42. The number of nitrogens with zero attached hydrogens (tertiary/aromatic N) is 3. The van der Waals surface area contributed by atoms with Crippen LogP contribution in [-0.4, -0.2) is 46.2 Å². The molecular formula is C15H28N4. The Morgan fingerprint density at radius 2 is 2.16 bits per heavy atom. The number of aromatic nitrogens is 2. The zero-order valence-electron chi connectivity index (χ0n) is 12.7. The molecule has 1 saturated heterocycles. The van der Waals surface area contributed by atoms with Crippen LogP contribution >= 0.6 is 0 Å². The maximum atomic E-state index is 4.42. The molecule has 0 spiro atoms. The summed E-state index contributed by atoms with van der Waals surface area (Å²) in [5.41, 5.74) is 0.318. The molecule has 108 valence electrons. The molecule has 1 aliphatic heterocycles. The average Bonchev–Trinajstić information content (AvgIpc) is 2.73. The number of aryl methyl sites for hydroxylation is 1.